The van der Waals surface area contributed by atoms with E-state index in [9.17, 15) is 24.6 Å². The van der Waals surface area contributed by atoms with Crippen LogP contribution in [-0.2, 0) is 14.4 Å². The average molecular weight is 390 g/mol. The molecule has 0 bridgehead atoms. The summed E-state index contributed by atoms with van der Waals surface area (Å²) in [6.07, 6.45) is 4.80. The molecule has 28 heavy (non-hydrogen) atoms. The van der Waals surface area contributed by atoms with Crippen molar-refractivity contribution >= 4 is 17.5 Å². The molecule has 0 aromatic heterocycles. The molecule has 0 spiro atoms. The van der Waals surface area contributed by atoms with Gasteiger partial charge in [0.05, 0.1) is 6.10 Å². The van der Waals surface area contributed by atoms with Gasteiger partial charge in [-0.05, 0) is 62.0 Å². The second-order valence-corrected chi connectivity index (χ2v) is 9.71. The highest BCUT2D eigenvalue weighted by Crippen LogP contribution is 2.69. The van der Waals surface area contributed by atoms with Gasteiger partial charge in [0.2, 0.25) is 5.78 Å². The highest BCUT2D eigenvalue weighted by molar-refractivity contribution is 6.33. The molecule has 4 aliphatic rings. The van der Waals surface area contributed by atoms with Crippen LogP contribution in [0, 0.1) is 34.5 Å². The summed E-state index contributed by atoms with van der Waals surface area (Å²) in [5.41, 5.74) is -3.05. The van der Waals surface area contributed by atoms with Gasteiger partial charge in [0.25, 0.3) is 0 Å². The minimum Gasteiger partial charge on any atom is -0.475 e. The van der Waals surface area contributed by atoms with E-state index in [0.29, 0.717) is 24.8 Å². The molecule has 4 aliphatic carbocycles. The molecule has 0 aromatic rings. The molecule has 6 heteroatoms. The predicted molar refractivity (Wildman–Crippen MR) is 99.0 cm³/mol. The molecule has 0 amide bonds. The molecule has 2 N–H and O–H groups in total. The summed E-state index contributed by atoms with van der Waals surface area (Å²) in [5.74, 6) is -4.03. The molecule has 0 saturated heterocycles. The van der Waals surface area contributed by atoms with Gasteiger partial charge < -0.3 is 10.2 Å². The Hall–Kier alpha value is -1.82. The van der Waals surface area contributed by atoms with E-state index in [1.165, 1.54) is 12.2 Å². The van der Waals surface area contributed by atoms with Crippen LogP contribution in [-0.4, -0.2) is 39.5 Å². The van der Waals surface area contributed by atoms with E-state index in [1.807, 2.05) is 13.8 Å². The number of aliphatic hydroxyl groups excluding tert-OH is 1. The van der Waals surface area contributed by atoms with Gasteiger partial charge >= 0.3 is 5.97 Å². The Bertz CT molecular complexity index is 831. The number of hydrogen-bond donors (Lipinski definition) is 2. The number of aliphatic carboxylic acids is 1. The van der Waals surface area contributed by atoms with Gasteiger partial charge in [0.15, 0.2) is 11.5 Å². The normalized spacial score (nSPS) is 49.7. The molecule has 8 atom stereocenters. The molecule has 0 radical (unpaired) electrons. The maximum atomic E-state index is 16.8. The van der Waals surface area contributed by atoms with E-state index >= 15 is 4.39 Å². The molecule has 0 heterocycles. The van der Waals surface area contributed by atoms with Crippen LogP contribution in [0.2, 0.25) is 0 Å². The number of aliphatic hydroxyl groups is 1. The van der Waals surface area contributed by atoms with E-state index in [2.05, 4.69) is 0 Å². The second-order valence-electron chi connectivity index (χ2n) is 9.71. The molecule has 5 nitrogen and oxygen atoms in total. The number of carboxylic acids is 1. The monoisotopic (exact) mass is 390 g/mol. The predicted octanol–water partition coefficient (Wildman–Crippen LogP) is 2.87. The minimum absolute atomic E-state index is 0.0450. The van der Waals surface area contributed by atoms with Crippen LogP contribution in [0.25, 0.3) is 0 Å². The number of allylic oxidation sites excluding steroid dienone is 4. The second kappa shape index (κ2) is 5.85. The summed E-state index contributed by atoms with van der Waals surface area (Å²) in [6.45, 7) is 5.46. The third-order valence-electron chi connectivity index (χ3n) is 8.47. The fraction of sp³-hybridized carbons (Fsp3) is 0.682. The SMILES string of the molecule is C[C@@H]1C[C@H]2[C@@H]3CCC4=CC(=O)C=C[C@]4(C)[C@@]3(F)[C@@H](O)C[C@]2(C)C1C(=O)C(=O)O. The van der Waals surface area contributed by atoms with Crippen molar-refractivity contribution in [2.75, 3.05) is 0 Å². The summed E-state index contributed by atoms with van der Waals surface area (Å²) in [7, 11) is 0. The maximum absolute atomic E-state index is 16.8. The molecule has 4 rings (SSSR count). The fourth-order valence-electron chi connectivity index (χ4n) is 7.27. The van der Waals surface area contributed by atoms with Crippen LogP contribution >= 0.6 is 0 Å². The van der Waals surface area contributed by atoms with Crippen molar-refractivity contribution < 1.29 is 29.0 Å². The van der Waals surface area contributed by atoms with Gasteiger partial charge in [0.1, 0.15) is 0 Å². The topological polar surface area (TPSA) is 91.7 Å². The van der Waals surface area contributed by atoms with E-state index in [4.69, 9.17) is 0 Å². The van der Waals surface area contributed by atoms with E-state index in [-0.39, 0.29) is 24.0 Å². The summed E-state index contributed by atoms with van der Waals surface area (Å²) in [5, 5.41) is 20.4. The highest BCUT2D eigenvalue weighted by atomic mass is 19.1. The van der Waals surface area contributed by atoms with Crippen molar-refractivity contribution in [1.29, 1.82) is 0 Å². The minimum atomic E-state index is -1.95. The number of fused-ring (bicyclic) bond motifs is 5. The molecule has 3 saturated carbocycles. The highest BCUT2D eigenvalue weighted by Gasteiger charge is 2.72. The van der Waals surface area contributed by atoms with Gasteiger partial charge in [-0.25, -0.2) is 9.18 Å². The van der Waals surface area contributed by atoms with Crippen molar-refractivity contribution in [3.8, 4) is 0 Å². The molecule has 0 aliphatic heterocycles. The van der Waals surface area contributed by atoms with Crippen LogP contribution in [0.15, 0.2) is 23.8 Å². The number of hydrogen-bond acceptors (Lipinski definition) is 4. The van der Waals surface area contributed by atoms with Crippen molar-refractivity contribution in [3.05, 3.63) is 23.8 Å². The van der Waals surface area contributed by atoms with Gasteiger partial charge in [-0.2, -0.15) is 0 Å². The summed E-state index contributed by atoms with van der Waals surface area (Å²) >= 11 is 0. The first-order chi connectivity index (χ1) is 13.0. The largest absolute Gasteiger partial charge is 0.475 e. The van der Waals surface area contributed by atoms with Crippen LogP contribution < -0.4 is 0 Å². The van der Waals surface area contributed by atoms with Gasteiger partial charge in [-0.3, -0.25) is 9.59 Å². The third-order valence-corrected chi connectivity index (χ3v) is 8.47. The quantitative estimate of drug-likeness (QED) is 0.708. The number of Topliss-reactive ketones (excluding diaryl/α,β-unsaturated/α-hetero) is 1. The van der Waals surface area contributed by atoms with Gasteiger partial charge in [-0.1, -0.05) is 25.5 Å². The Morgan fingerprint density at radius 2 is 1.93 bits per heavy atom. The third kappa shape index (κ3) is 2.18. The van der Waals surface area contributed by atoms with Gasteiger partial charge in [0, 0.05) is 17.3 Å². The number of alkyl halides is 1. The lowest BCUT2D eigenvalue weighted by atomic mass is 9.45. The first-order valence-electron chi connectivity index (χ1n) is 10.0. The van der Waals surface area contributed by atoms with Crippen molar-refractivity contribution in [3.63, 3.8) is 0 Å². The lowest BCUT2D eigenvalue weighted by molar-refractivity contribution is -0.196. The summed E-state index contributed by atoms with van der Waals surface area (Å²) < 4.78 is 16.8. The molecule has 152 valence electrons. The summed E-state index contributed by atoms with van der Waals surface area (Å²) in [6, 6.07) is 0. The molecule has 0 aromatic carbocycles. The van der Waals surface area contributed by atoms with Crippen molar-refractivity contribution in [2.24, 2.45) is 34.5 Å². The molecular formula is C22H27FO5. The maximum Gasteiger partial charge on any atom is 0.372 e. The zero-order valence-electron chi connectivity index (χ0n) is 16.4. The number of ketones is 2. The first kappa shape index (κ1) is 19.5. The number of rotatable bonds is 2. The summed E-state index contributed by atoms with van der Waals surface area (Å²) in [4.78, 5) is 35.7. The Morgan fingerprint density at radius 3 is 2.57 bits per heavy atom. The molecule has 3 fully saturated rings. The van der Waals surface area contributed by atoms with Gasteiger partial charge in [-0.15, -0.1) is 0 Å². The van der Waals surface area contributed by atoms with E-state index < -0.39 is 46.2 Å². The Balaban J connectivity index is 1.80. The van der Waals surface area contributed by atoms with Crippen molar-refractivity contribution in [1.82, 2.24) is 0 Å². The Kier molecular flexibility index (Phi) is 4.07. The number of carbonyl (C=O) groups excluding carboxylic acids is 2. The lowest BCUT2D eigenvalue weighted by Crippen LogP contribution is -2.66. The Morgan fingerprint density at radius 1 is 1.25 bits per heavy atom. The first-order valence-corrected chi connectivity index (χ1v) is 10.0. The van der Waals surface area contributed by atoms with Crippen LogP contribution in [0.3, 0.4) is 0 Å². The number of carboxylic acid groups (broad SMARTS) is 1. The average Bonchev–Trinajstić information content (AvgIpc) is 2.86. The van der Waals surface area contributed by atoms with Crippen LogP contribution in [0.5, 0.6) is 0 Å². The van der Waals surface area contributed by atoms with Crippen molar-refractivity contribution in [2.45, 2.75) is 58.2 Å². The standard InChI is InChI=1S/C22H27FO5/c1-11-8-15-14-5-4-12-9-13(24)6-7-21(12,3)22(14,23)16(25)10-20(15,2)17(11)18(26)19(27)28/h6-7,9,11,14-17,25H,4-5,8,10H2,1-3H3,(H,27,28)/t11-,14+,15+,16+,17?,20+,21+,22+/m1/s1. The Labute approximate surface area is 163 Å². The lowest BCUT2D eigenvalue weighted by Gasteiger charge is -2.61. The molecule has 1 unspecified atom stereocenters. The molecular weight excluding hydrogens is 363 g/mol. The van der Waals surface area contributed by atoms with Crippen LogP contribution in [0.4, 0.5) is 4.39 Å². The van der Waals surface area contributed by atoms with Crippen LogP contribution in [0.1, 0.15) is 46.5 Å². The van der Waals surface area contributed by atoms with E-state index in [0.717, 1.165) is 0 Å². The van der Waals surface area contributed by atoms with E-state index in [1.54, 1.807) is 13.0 Å². The number of halogens is 1. The smallest absolute Gasteiger partial charge is 0.372 e. The fourth-order valence-corrected chi connectivity index (χ4v) is 7.27. The number of carbonyl (C=O) groups is 3. The zero-order valence-corrected chi connectivity index (χ0v) is 16.4. The zero-order chi connectivity index (χ0) is 20.6.